The van der Waals surface area contributed by atoms with Gasteiger partial charge in [0, 0.05) is 17.2 Å². The molecule has 4 heteroatoms. The topological polar surface area (TPSA) is 77.8 Å². The van der Waals surface area contributed by atoms with Gasteiger partial charge in [-0.3, -0.25) is 0 Å². The van der Waals surface area contributed by atoms with Crippen LogP contribution in [0.15, 0.2) is 6.07 Å². The number of benzene rings is 1. The lowest BCUT2D eigenvalue weighted by atomic mass is 10.0. The number of hydrogen-bond donors (Lipinski definition) is 3. The van der Waals surface area contributed by atoms with E-state index in [0.29, 0.717) is 0 Å². The molecule has 13 heavy (non-hydrogen) atoms. The van der Waals surface area contributed by atoms with Crippen molar-refractivity contribution in [1.29, 1.82) is 0 Å². The molecule has 0 aliphatic rings. The second-order valence-electron chi connectivity index (χ2n) is 2.84. The molecule has 0 aromatic heterocycles. The van der Waals surface area contributed by atoms with E-state index in [1.807, 2.05) is 0 Å². The van der Waals surface area contributed by atoms with E-state index in [-0.39, 0.29) is 28.2 Å². The summed E-state index contributed by atoms with van der Waals surface area (Å²) in [6, 6.07) is 1.14. The smallest absolute Gasteiger partial charge is 0.336 e. The molecule has 0 atom stereocenters. The van der Waals surface area contributed by atoms with Crippen molar-refractivity contribution in [2.45, 2.75) is 13.8 Å². The van der Waals surface area contributed by atoms with Crippen LogP contribution in [0.4, 0.5) is 0 Å². The maximum absolute atomic E-state index is 10.7. The molecule has 0 heterocycles. The van der Waals surface area contributed by atoms with Gasteiger partial charge in [0.2, 0.25) is 0 Å². The van der Waals surface area contributed by atoms with Crippen LogP contribution in [0, 0.1) is 13.8 Å². The quantitative estimate of drug-likeness (QED) is 0.613. The fraction of sp³-hybridized carbons (Fsp3) is 0.222. The van der Waals surface area contributed by atoms with Gasteiger partial charge in [0.05, 0.1) is 5.56 Å². The summed E-state index contributed by atoms with van der Waals surface area (Å²) < 4.78 is 0. The molecule has 4 nitrogen and oxygen atoms in total. The predicted molar refractivity (Wildman–Crippen MR) is 46.2 cm³/mol. The summed E-state index contributed by atoms with van der Waals surface area (Å²) in [6.45, 7) is 2.98. The number of carbonyl (C=O) groups is 1. The van der Waals surface area contributed by atoms with E-state index in [9.17, 15) is 15.0 Å². The van der Waals surface area contributed by atoms with Gasteiger partial charge in [-0.25, -0.2) is 4.79 Å². The van der Waals surface area contributed by atoms with Crippen molar-refractivity contribution < 1.29 is 20.1 Å². The molecule has 0 aliphatic heterocycles. The maximum Gasteiger partial charge on any atom is 0.336 e. The second-order valence-corrected chi connectivity index (χ2v) is 2.84. The Balaban J connectivity index is 3.56. The van der Waals surface area contributed by atoms with E-state index in [4.69, 9.17) is 5.11 Å². The number of carboxylic acid groups (broad SMARTS) is 1. The van der Waals surface area contributed by atoms with Gasteiger partial charge in [0.1, 0.15) is 11.5 Å². The molecule has 0 aliphatic carbocycles. The van der Waals surface area contributed by atoms with Gasteiger partial charge in [-0.1, -0.05) is 0 Å². The van der Waals surface area contributed by atoms with E-state index < -0.39 is 5.97 Å². The SMILES string of the molecule is Cc1c(O)cc(O)c(C)c1C(=O)O. The molecule has 0 saturated carbocycles. The van der Waals surface area contributed by atoms with Crippen LogP contribution >= 0.6 is 0 Å². The number of hydrogen-bond acceptors (Lipinski definition) is 3. The van der Waals surface area contributed by atoms with E-state index in [0.717, 1.165) is 6.07 Å². The molecule has 0 bridgehead atoms. The summed E-state index contributed by atoms with van der Waals surface area (Å²) in [6.07, 6.45) is 0. The molecule has 0 unspecified atom stereocenters. The summed E-state index contributed by atoms with van der Waals surface area (Å²) in [5, 5.41) is 27.2. The lowest BCUT2D eigenvalue weighted by Gasteiger charge is -2.08. The lowest BCUT2D eigenvalue weighted by molar-refractivity contribution is 0.0694. The first-order valence-electron chi connectivity index (χ1n) is 3.70. The van der Waals surface area contributed by atoms with Crippen molar-refractivity contribution in [1.82, 2.24) is 0 Å². The van der Waals surface area contributed by atoms with Crippen LogP contribution in [0.2, 0.25) is 0 Å². The normalized spacial score (nSPS) is 10.0. The highest BCUT2D eigenvalue weighted by Gasteiger charge is 2.16. The van der Waals surface area contributed by atoms with Gasteiger partial charge < -0.3 is 15.3 Å². The van der Waals surface area contributed by atoms with Gasteiger partial charge in [-0.2, -0.15) is 0 Å². The fourth-order valence-electron chi connectivity index (χ4n) is 1.20. The van der Waals surface area contributed by atoms with Crippen LogP contribution in [-0.4, -0.2) is 21.3 Å². The molecule has 0 amide bonds. The minimum absolute atomic E-state index is 0.0440. The Kier molecular flexibility index (Phi) is 2.14. The Hall–Kier alpha value is -1.71. The molecular formula is C9H10O4. The van der Waals surface area contributed by atoms with E-state index in [1.54, 1.807) is 0 Å². The Morgan fingerprint density at radius 3 is 1.85 bits per heavy atom. The molecule has 0 saturated heterocycles. The molecule has 1 aromatic carbocycles. The number of rotatable bonds is 1. The average molecular weight is 182 g/mol. The van der Waals surface area contributed by atoms with E-state index in [2.05, 4.69) is 0 Å². The number of aromatic hydroxyl groups is 2. The molecule has 1 aromatic rings. The largest absolute Gasteiger partial charge is 0.508 e. The summed E-state index contributed by atoms with van der Waals surface area (Å²) in [4.78, 5) is 10.7. The first-order valence-corrected chi connectivity index (χ1v) is 3.70. The number of phenolic OH excluding ortho intramolecular Hbond substituents is 2. The van der Waals surface area contributed by atoms with Gasteiger partial charge in [0.25, 0.3) is 0 Å². The van der Waals surface area contributed by atoms with Crippen LogP contribution in [0.3, 0.4) is 0 Å². The minimum atomic E-state index is -1.15. The molecule has 1 rings (SSSR count). The van der Waals surface area contributed by atoms with Gasteiger partial charge >= 0.3 is 5.97 Å². The molecule has 70 valence electrons. The molecule has 3 N–H and O–H groups in total. The zero-order valence-electron chi connectivity index (χ0n) is 7.33. The molecule has 0 radical (unpaired) electrons. The Labute approximate surface area is 75.1 Å². The van der Waals surface area contributed by atoms with Crippen LogP contribution < -0.4 is 0 Å². The Morgan fingerprint density at radius 2 is 1.54 bits per heavy atom. The summed E-state index contributed by atoms with van der Waals surface area (Å²) in [5.74, 6) is -1.57. The van der Waals surface area contributed by atoms with Gasteiger partial charge in [-0.05, 0) is 13.8 Å². The average Bonchev–Trinajstić information content (AvgIpc) is 2.01. The number of aromatic carboxylic acids is 1. The highest BCUT2D eigenvalue weighted by Crippen LogP contribution is 2.30. The zero-order valence-corrected chi connectivity index (χ0v) is 7.33. The second kappa shape index (κ2) is 2.97. The van der Waals surface area contributed by atoms with E-state index >= 15 is 0 Å². The summed E-state index contributed by atoms with van der Waals surface area (Å²) >= 11 is 0. The van der Waals surface area contributed by atoms with E-state index in [1.165, 1.54) is 13.8 Å². The first-order chi connectivity index (χ1) is 5.95. The predicted octanol–water partition coefficient (Wildman–Crippen LogP) is 1.41. The molecule has 0 fully saturated rings. The fourth-order valence-corrected chi connectivity index (χ4v) is 1.20. The van der Waals surface area contributed by atoms with Crippen molar-refractivity contribution in [2.24, 2.45) is 0 Å². The van der Waals surface area contributed by atoms with Crippen molar-refractivity contribution in [3.63, 3.8) is 0 Å². The van der Waals surface area contributed by atoms with Crippen LogP contribution in [0.5, 0.6) is 11.5 Å². The molecular weight excluding hydrogens is 172 g/mol. The van der Waals surface area contributed by atoms with Crippen LogP contribution in [0.25, 0.3) is 0 Å². The van der Waals surface area contributed by atoms with Gasteiger partial charge in [0.15, 0.2) is 0 Å². The van der Waals surface area contributed by atoms with Crippen molar-refractivity contribution in [3.05, 3.63) is 22.8 Å². The Bertz CT molecular complexity index is 342. The van der Waals surface area contributed by atoms with Crippen molar-refractivity contribution in [3.8, 4) is 11.5 Å². The minimum Gasteiger partial charge on any atom is -0.508 e. The highest BCUT2D eigenvalue weighted by molar-refractivity contribution is 5.92. The number of phenols is 2. The third-order valence-electron chi connectivity index (χ3n) is 2.01. The third kappa shape index (κ3) is 1.42. The lowest BCUT2D eigenvalue weighted by Crippen LogP contribution is -2.03. The van der Waals surface area contributed by atoms with Crippen LogP contribution in [-0.2, 0) is 0 Å². The highest BCUT2D eigenvalue weighted by atomic mass is 16.4. The van der Waals surface area contributed by atoms with Crippen molar-refractivity contribution in [2.75, 3.05) is 0 Å². The van der Waals surface area contributed by atoms with Crippen molar-refractivity contribution >= 4 is 5.97 Å². The first kappa shape index (κ1) is 9.38. The summed E-state index contributed by atoms with van der Waals surface area (Å²) in [7, 11) is 0. The third-order valence-corrected chi connectivity index (χ3v) is 2.01. The molecule has 0 spiro atoms. The monoisotopic (exact) mass is 182 g/mol. The summed E-state index contributed by atoms with van der Waals surface area (Å²) in [5.41, 5.74) is 0.489. The van der Waals surface area contributed by atoms with Crippen LogP contribution in [0.1, 0.15) is 21.5 Å². The Morgan fingerprint density at radius 1 is 1.15 bits per heavy atom. The maximum atomic E-state index is 10.7. The van der Waals surface area contributed by atoms with Gasteiger partial charge in [-0.15, -0.1) is 0 Å². The zero-order chi connectivity index (χ0) is 10.2. The standard InChI is InChI=1S/C9H10O4/c1-4-6(10)3-7(11)5(2)8(4)9(12)13/h3,10-11H,1-2H3,(H,12,13). The number of carboxylic acids is 1.